The number of phenols is 2. The minimum absolute atomic E-state index is 0.00722. The lowest BCUT2D eigenvalue weighted by Crippen LogP contribution is -1.84. The highest BCUT2D eigenvalue weighted by Gasteiger charge is 2.03. The topological polar surface area (TPSA) is 60.7 Å². The number of phenolic OH excluding ortho intramolecular Hbond substituents is 2. The first-order valence-electron chi connectivity index (χ1n) is 3.94. The molecule has 0 aromatic heterocycles. The smallest absolute Gasteiger partial charge is 0.126 e. The van der Waals surface area contributed by atoms with Crippen LogP contribution in [0.15, 0.2) is 23.8 Å². The molecule has 0 saturated heterocycles. The Bertz CT molecular complexity index is 309. The summed E-state index contributed by atoms with van der Waals surface area (Å²) in [6.45, 7) is 1.62. The summed E-state index contributed by atoms with van der Waals surface area (Å²) in [6.07, 6.45) is 1.55. The molecule has 0 spiro atoms. The Morgan fingerprint density at radius 1 is 1.31 bits per heavy atom. The van der Waals surface area contributed by atoms with Crippen molar-refractivity contribution in [2.24, 2.45) is 0 Å². The molecular formula is C10H12O3. The lowest BCUT2D eigenvalue weighted by molar-refractivity contribution is 0.332. The van der Waals surface area contributed by atoms with Crippen LogP contribution in [-0.2, 0) is 0 Å². The zero-order valence-electron chi connectivity index (χ0n) is 7.36. The van der Waals surface area contributed by atoms with Gasteiger partial charge in [-0.25, -0.2) is 0 Å². The molecule has 0 saturated carbocycles. The summed E-state index contributed by atoms with van der Waals surface area (Å²) in [7, 11) is 0. The van der Waals surface area contributed by atoms with Crippen molar-refractivity contribution in [3.63, 3.8) is 0 Å². The van der Waals surface area contributed by atoms with Gasteiger partial charge in [0.2, 0.25) is 0 Å². The van der Waals surface area contributed by atoms with Crippen LogP contribution in [0.2, 0.25) is 0 Å². The first-order chi connectivity index (χ1) is 6.15. The Morgan fingerprint density at radius 2 is 1.85 bits per heavy atom. The second kappa shape index (κ2) is 3.96. The minimum Gasteiger partial charge on any atom is -0.507 e. The molecule has 0 unspecified atom stereocenters. The molecule has 1 aromatic rings. The lowest BCUT2D eigenvalue weighted by atomic mass is 10.1. The molecule has 1 rings (SSSR count). The number of aromatic hydroxyl groups is 2. The van der Waals surface area contributed by atoms with E-state index in [0.29, 0.717) is 11.1 Å². The van der Waals surface area contributed by atoms with E-state index in [1.165, 1.54) is 12.1 Å². The zero-order valence-corrected chi connectivity index (χ0v) is 7.36. The van der Waals surface area contributed by atoms with Crippen molar-refractivity contribution in [1.82, 2.24) is 0 Å². The first-order valence-corrected chi connectivity index (χ1v) is 3.94. The van der Waals surface area contributed by atoms with Gasteiger partial charge < -0.3 is 15.3 Å². The molecule has 0 aliphatic rings. The van der Waals surface area contributed by atoms with E-state index < -0.39 is 0 Å². The van der Waals surface area contributed by atoms with E-state index in [0.717, 1.165) is 0 Å². The zero-order chi connectivity index (χ0) is 9.84. The highest BCUT2D eigenvalue weighted by atomic mass is 16.3. The third-order valence-corrected chi connectivity index (χ3v) is 1.70. The van der Waals surface area contributed by atoms with Gasteiger partial charge in [-0.2, -0.15) is 0 Å². The largest absolute Gasteiger partial charge is 0.507 e. The van der Waals surface area contributed by atoms with Gasteiger partial charge in [-0.3, -0.25) is 0 Å². The van der Waals surface area contributed by atoms with Crippen molar-refractivity contribution >= 4 is 6.08 Å². The van der Waals surface area contributed by atoms with Crippen LogP contribution in [0.4, 0.5) is 0 Å². The van der Waals surface area contributed by atoms with Crippen molar-refractivity contribution < 1.29 is 15.3 Å². The highest BCUT2D eigenvalue weighted by molar-refractivity contribution is 5.65. The minimum atomic E-state index is -0.0895. The van der Waals surface area contributed by atoms with Crippen LogP contribution < -0.4 is 0 Å². The van der Waals surface area contributed by atoms with Gasteiger partial charge in [0.05, 0.1) is 12.2 Å². The summed E-state index contributed by atoms with van der Waals surface area (Å²) < 4.78 is 0. The second-order valence-electron chi connectivity index (χ2n) is 2.86. The lowest BCUT2D eigenvalue weighted by Gasteiger charge is -2.02. The molecule has 13 heavy (non-hydrogen) atoms. The predicted molar refractivity (Wildman–Crippen MR) is 50.5 cm³/mol. The number of aliphatic hydroxyl groups excluding tert-OH is 1. The molecule has 3 nitrogen and oxygen atoms in total. The fourth-order valence-corrected chi connectivity index (χ4v) is 0.981. The Labute approximate surface area is 76.6 Å². The van der Waals surface area contributed by atoms with Crippen LogP contribution >= 0.6 is 0 Å². The summed E-state index contributed by atoms with van der Waals surface area (Å²) in [6, 6.07) is 4.52. The molecule has 0 heterocycles. The standard InChI is InChI=1S/C10H12O3/c1-7(6-11)5-8-9(12)3-2-4-10(8)13/h2-5,11-13H,6H2,1H3/b7-5-. The average Bonchev–Trinajstić information content (AvgIpc) is 2.11. The van der Waals surface area contributed by atoms with E-state index in [4.69, 9.17) is 5.11 Å². The molecule has 0 atom stereocenters. The molecule has 70 valence electrons. The maximum Gasteiger partial charge on any atom is 0.126 e. The number of hydrogen-bond acceptors (Lipinski definition) is 3. The summed E-state index contributed by atoms with van der Waals surface area (Å²) in [5.41, 5.74) is 1.02. The SMILES string of the molecule is C/C(=C/c1c(O)cccc1O)CO. The Balaban J connectivity index is 3.14. The Kier molecular flexibility index (Phi) is 2.93. The quantitative estimate of drug-likeness (QED) is 0.646. The van der Waals surface area contributed by atoms with Gasteiger partial charge in [-0.1, -0.05) is 6.07 Å². The van der Waals surface area contributed by atoms with E-state index in [1.807, 2.05) is 0 Å². The highest BCUT2D eigenvalue weighted by Crippen LogP contribution is 2.28. The Morgan fingerprint density at radius 3 is 2.31 bits per heavy atom. The first kappa shape index (κ1) is 9.61. The van der Waals surface area contributed by atoms with Crippen LogP contribution in [0, 0.1) is 0 Å². The van der Waals surface area contributed by atoms with Crippen molar-refractivity contribution in [1.29, 1.82) is 0 Å². The van der Waals surface area contributed by atoms with Crippen LogP contribution in [0.25, 0.3) is 6.08 Å². The van der Waals surface area contributed by atoms with E-state index in [1.54, 1.807) is 19.1 Å². The molecule has 0 fully saturated rings. The number of hydrogen-bond donors (Lipinski definition) is 3. The summed E-state index contributed by atoms with van der Waals surface area (Å²) in [5.74, 6) is 0.0144. The molecule has 0 radical (unpaired) electrons. The van der Waals surface area contributed by atoms with Gasteiger partial charge in [0.25, 0.3) is 0 Å². The normalized spacial score (nSPS) is 11.7. The van der Waals surface area contributed by atoms with Crippen molar-refractivity contribution in [2.45, 2.75) is 6.92 Å². The van der Waals surface area contributed by atoms with Gasteiger partial charge in [-0.15, -0.1) is 0 Å². The maximum atomic E-state index is 9.35. The number of aliphatic hydroxyl groups is 1. The second-order valence-corrected chi connectivity index (χ2v) is 2.86. The predicted octanol–water partition coefficient (Wildman–Crippen LogP) is 1.49. The molecule has 0 bridgehead atoms. The van der Waals surface area contributed by atoms with Crippen molar-refractivity contribution in [3.8, 4) is 11.5 Å². The summed E-state index contributed by atoms with van der Waals surface area (Å²) in [4.78, 5) is 0. The van der Waals surface area contributed by atoms with E-state index >= 15 is 0 Å². The molecule has 0 aliphatic heterocycles. The summed E-state index contributed by atoms with van der Waals surface area (Å²) >= 11 is 0. The molecular weight excluding hydrogens is 168 g/mol. The third kappa shape index (κ3) is 2.23. The van der Waals surface area contributed by atoms with Crippen LogP contribution in [0.3, 0.4) is 0 Å². The molecule has 0 aliphatic carbocycles. The number of rotatable bonds is 2. The molecule has 3 heteroatoms. The third-order valence-electron chi connectivity index (χ3n) is 1.70. The van der Waals surface area contributed by atoms with Gasteiger partial charge in [0.15, 0.2) is 0 Å². The van der Waals surface area contributed by atoms with Gasteiger partial charge in [0.1, 0.15) is 11.5 Å². The molecule has 0 amide bonds. The fraction of sp³-hybridized carbons (Fsp3) is 0.200. The van der Waals surface area contributed by atoms with Gasteiger partial charge in [-0.05, 0) is 30.7 Å². The molecule has 3 N–H and O–H groups in total. The van der Waals surface area contributed by atoms with Gasteiger partial charge >= 0.3 is 0 Å². The van der Waals surface area contributed by atoms with Gasteiger partial charge in [0, 0.05) is 0 Å². The number of benzene rings is 1. The monoisotopic (exact) mass is 180 g/mol. The van der Waals surface area contributed by atoms with E-state index in [-0.39, 0.29) is 18.1 Å². The fourth-order valence-electron chi connectivity index (χ4n) is 0.981. The van der Waals surface area contributed by atoms with Crippen LogP contribution in [-0.4, -0.2) is 21.9 Å². The maximum absolute atomic E-state index is 9.35. The summed E-state index contributed by atoms with van der Waals surface area (Å²) in [5, 5.41) is 27.4. The van der Waals surface area contributed by atoms with E-state index in [2.05, 4.69) is 0 Å². The van der Waals surface area contributed by atoms with E-state index in [9.17, 15) is 10.2 Å². The van der Waals surface area contributed by atoms with Crippen LogP contribution in [0.5, 0.6) is 11.5 Å². The van der Waals surface area contributed by atoms with Crippen molar-refractivity contribution in [3.05, 3.63) is 29.3 Å². The average molecular weight is 180 g/mol. The van der Waals surface area contributed by atoms with Crippen LogP contribution in [0.1, 0.15) is 12.5 Å². The Hall–Kier alpha value is -1.48. The molecule has 1 aromatic carbocycles. The van der Waals surface area contributed by atoms with Crippen molar-refractivity contribution in [2.75, 3.05) is 6.61 Å².